The van der Waals surface area contributed by atoms with E-state index >= 15 is 0 Å². The Balaban J connectivity index is 2.31. The van der Waals surface area contributed by atoms with Crippen LogP contribution in [0.2, 0.25) is 0 Å². The molecule has 0 spiro atoms. The average Bonchev–Trinajstić information content (AvgIpc) is 2.78. The molecule has 1 atom stereocenters. The highest BCUT2D eigenvalue weighted by atomic mass is 15.3. The molecule has 0 saturated heterocycles. The zero-order valence-electron chi connectivity index (χ0n) is 11.4. The minimum atomic E-state index is 0.175. The normalized spacial score (nSPS) is 12.4. The number of anilines is 1. The fourth-order valence-corrected chi connectivity index (χ4v) is 2.12. The van der Waals surface area contributed by atoms with E-state index in [2.05, 4.69) is 39.6 Å². The van der Waals surface area contributed by atoms with Crippen LogP contribution in [0, 0.1) is 0 Å². The number of benzene rings is 1. The van der Waals surface area contributed by atoms with Gasteiger partial charge in [0, 0.05) is 33.0 Å². The summed E-state index contributed by atoms with van der Waals surface area (Å²) in [5.41, 5.74) is 3.61. The first kappa shape index (κ1) is 12.6. The Morgan fingerprint density at radius 3 is 2.28 bits per heavy atom. The van der Waals surface area contributed by atoms with Crippen LogP contribution in [0.15, 0.2) is 36.5 Å². The molecular weight excluding hydrogens is 224 g/mol. The third-order valence-electron chi connectivity index (χ3n) is 3.19. The van der Waals surface area contributed by atoms with Gasteiger partial charge in [-0.3, -0.25) is 4.68 Å². The number of aromatic nitrogens is 2. The second-order valence-corrected chi connectivity index (χ2v) is 4.59. The van der Waals surface area contributed by atoms with Crippen molar-refractivity contribution < 1.29 is 0 Å². The third-order valence-corrected chi connectivity index (χ3v) is 3.19. The van der Waals surface area contributed by atoms with E-state index in [1.54, 1.807) is 0 Å². The summed E-state index contributed by atoms with van der Waals surface area (Å²) in [6, 6.07) is 10.8. The maximum atomic E-state index is 4.23. The van der Waals surface area contributed by atoms with E-state index in [9.17, 15) is 0 Å². The topological polar surface area (TPSA) is 33.1 Å². The molecule has 0 aliphatic heterocycles. The summed E-state index contributed by atoms with van der Waals surface area (Å²) < 4.78 is 1.90. The Morgan fingerprint density at radius 1 is 1.17 bits per heavy atom. The molecule has 1 N–H and O–H groups in total. The van der Waals surface area contributed by atoms with Crippen molar-refractivity contribution in [2.75, 3.05) is 26.0 Å². The molecule has 0 bridgehead atoms. The van der Waals surface area contributed by atoms with Gasteiger partial charge in [-0.15, -0.1) is 0 Å². The predicted molar refractivity (Wildman–Crippen MR) is 74.9 cm³/mol. The third kappa shape index (κ3) is 2.38. The van der Waals surface area contributed by atoms with E-state index in [-0.39, 0.29) is 6.04 Å². The van der Waals surface area contributed by atoms with Gasteiger partial charge in [0.1, 0.15) is 0 Å². The molecule has 0 aliphatic carbocycles. The summed E-state index contributed by atoms with van der Waals surface area (Å²) in [5.74, 6) is 0. The summed E-state index contributed by atoms with van der Waals surface area (Å²) >= 11 is 0. The Labute approximate surface area is 108 Å². The molecule has 0 fully saturated rings. The van der Waals surface area contributed by atoms with Gasteiger partial charge in [0.15, 0.2) is 0 Å². The molecule has 0 amide bonds. The first-order valence-electron chi connectivity index (χ1n) is 6.06. The van der Waals surface area contributed by atoms with Gasteiger partial charge in [0.05, 0.1) is 11.7 Å². The van der Waals surface area contributed by atoms with Gasteiger partial charge in [-0.25, -0.2) is 0 Å². The van der Waals surface area contributed by atoms with Crippen molar-refractivity contribution >= 4 is 5.69 Å². The molecule has 0 saturated carbocycles. The fourth-order valence-electron chi connectivity index (χ4n) is 2.12. The summed E-state index contributed by atoms with van der Waals surface area (Å²) in [4.78, 5) is 2.10. The van der Waals surface area contributed by atoms with Crippen LogP contribution in [0.25, 0.3) is 0 Å². The van der Waals surface area contributed by atoms with Crippen molar-refractivity contribution in [2.45, 2.75) is 6.04 Å². The molecule has 4 nitrogen and oxygen atoms in total. The number of nitrogens with one attached hydrogen (secondary N) is 1. The number of rotatable bonds is 4. The van der Waals surface area contributed by atoms with Crippen molar-refractivity contribution in [3.05, 3.63) is 47.8 Å². The Hall–Kier alpha value is -1.81. The van der Waals surface area contributed by atoms with E-state index in [1.165, 1.54) is 11.3 Å². The minimum absolute atomic E-state index is 0.175. The summed E-state index contributed by atoms with van der Waals surface area (Å²) in [7, 11) is 8.03. The van der Waals surface area contributed by atoms with Crippen LogP contribution in [0.4, 0.5) is 5.69 Å². The van der Waals surface area contributed by atoms with Gasteiger partial charge in [-0.05, 0) is 30.8 Å². The second kappa shape index (κ2) is 5.23. The van der Waals surface area contributed by atoms with Crippen LogP contribution >= 0.6 is 0 Å². The first-order valence-corrected chi connectivity index (χ1v) is 6.06. The lowest BCUT2D eigenvalue weighted by Crippen LogP contribution is -2.20. The molecule has 1 unspecified atom stereocenters. The van der Waals surface area contributed by atoms with E-state index in [0.717, 1.165) is 5.69 Å². The minimum Gasteiger partial charge on any atom is -0.378 e. The standard InChI is InChI=1S/C14H20N4/c1-15-14(13-9-10-16-18(13)4)11-5-7-12(8-6-11)17(2)3/h5-10,14-15H,1-4H3. The first-order chi connectivity index (χ1) is 8.63. The smallest absolute Gasteiger partial charge is 0.0745 e. The molecular formula is C14H20N4. The average molecular weight is 244 g/mol. The highest BCUT2D eigenvalue weighted by Gasteiger charge is 2.15. The molecule has 0 radical (unpaired) electrons. The van der Waals surface area contributed by atoms with Crippen LogP contribution < -0.4 is 10.2 Å². The molecule has 4 heteroatoms. The summed E-state index contributed by atoms with van der Waals surface area (Å²) in [5, 5.41) is 7.56. The lowest BCUT2D eigenvalue weighted by molar-refractivity contribution is 0.606. The van der Waals surface area contributed by atoms with Crippen molar-refractivity contribution in [1.29, 1.82) is 0 Å². The quantitative estimate of drug-likeness (QED) is 0.890. The molecule has 96 valence electrons. The molecule has 1 aromatic heterocycles. The lowest BCUT2D eigenvalue weighted by atomic mass is 10.0. The zero-order valence-corrected chi connectivity index (χ0v) is 11.4. The Kier molecular flexibility index (Phi) is 3.67. The van der Waals surface area contributed by atoms with Crippen LogP contribution in [-0.2, 0) is 7.05 Å². The molecule has 0 aliphatic rings. The molecule has 2 aromatic rings. The fraction of sp³-hybridized carbons (Fsp3) is 0.357. The number of hydrogen-bond acceptors (Lipinski definition) is 3. The number of nitrogens with zero attached hydrogens (tertiary/aromatic N) is 3. The van der Waals surface area contributed by atoms with Crippen molar-refractivity contribution in [3.63, 3.8) is 0 Å². The summed E-state index contributed by atoms with van der Waals surface area (Å²) in [6.07, 6.45) is 1.83. The predicted octanol–water partition coefficient (Wildman–Crippen LogP) is 1.79. The monoisotopic (exact) mass is 244 g/mol. The van der Waals surface area contributed by atoms with Crippen LogP contribution in [0.3, 0.4) is 0 Å². The zero-order chi connectivity index (χ0) is 13.1. The number of hydrogen-bond donors (Lipinski definition) is 1. The Morgan fingerprint density at radius 2 is 1.83 bits per heavy atom. The molecule has 2 rings (SSSR count). The van der Waals surface area contributed by atoms with Crippen molar-refractivity contribution in [1.82, 2.24) is 15.1 Å². The lowest BCUT2D eigenvalue weighted by Gasteiger charge is -2.19. The van der Waals surface area contributed by atoms with E-state index in [4.69, 9.17) is 0 Å². The molecule has 18 heavy (non-hydrogen) atoms. The van der Waals surface area contributed by atoms with E-state index in [0.29, 0.717) is 0 Å². The van der Waals surface area contributed by atoms with E-state index < -0.39 is 0 Å². The van der Waals surface area contributed by atoms with Crippen LogP contribution in [-0.4, -0.2) is 30.9 Å². The van der Waals surface area contributed by atoms with Gasteiger partial charge in [0.2, 0.25) is 0 Å². The van der Waals surface area contributed by atoms with Crippen molar-refractivity contribution in [3.8, 4) is 0 Å². The highest BCUT2D eigenvalue weighted by Crippen LogP contribution is 2.23. The maximum Gasteiger partial charge on any atom is 0.0745 e. The van der Waals surface area contributed by atoms with Gasteiger partial charge >= 0.3 is 0 Å². The highest BCUT2D eigenvalue weighted by molar-refractivity contribution is 5.47. The largest absolute Gasteiger partial charge is 0.378 e. The van der Waals surface area contributed by atoms with Gasteiger partial charge < -0.3 is 10.2 Å². The van der Waals surface area contributed by atoms with Crippen LogP contribution in [0.5, 0.6) is 0 Å². The SMILES string of the molecule is CNC(c1ccc(N(C)C)cc1)c1ccnn1C. The van der Waals surface area contributed by atoms with Crippen molar-refractivity contribution in [2.24, 2.45) is 7.05 Å². The van der Waals surface area contributed by atoms with Gasteiger partial charge in [-0.1, -0.05) is 12.1 Å². The summed E-state index contributed by atoms with van der Waals surface area (Å²) in [6.45, 7) is 0. The van der Waals surface area contributed by atoms with E-state index in [1.807, 2.05) is 45.1 Å². The van der Waals surface area contributed by atoms with Gasteiger partial charge in [0.25, 0.3) is 0 Å². The van der Waals surface area contributed by atoms with Crippen LogP contribution in [0.1, 0.15) is 17.3 Å². The van der Waals surface area contributed by atoms with Gasteiger partial charge in [-0.2, -0.15) is 5.10 Å². The Bertz CT molecular complexity index is 499. The number of aryl methyl sites for hydroxylation is 1. The molecule has 1 aromatic carbocycles. The molecule has 1 heterocycles. The second-order valence-electron chi connectivity index (χ2n) is 4.59. The maximum absolute atomic E-state index is 4.23.